The molecule has 0 spiro atoms. The molecule has 0 bridgehead atoms. The van der Waals surface area contributed by atoms with Crippen LogP contribution in [0.2, 0.25) is 0 Å². The van der Waals surface area contributed by atoms with Crippen LogP contribution in [0.15, 0.2) is 29.2 Å². The Hall–Kier alpha value is -0.645. The number of hydrogen-bond donors (Lipinski definition) is 0. The third-order valence-corrected chi connectivity index (χ3v) is 4.66. The van der Waals surface area contributed by atoms with Gasteiger partial charge in [-0.15, -0.1) is 0 Å². The zero-order valence-corrected chi connectivity index (χ0v) is 11.3. The minimum absolute atomic E-state index is 0.238. The summed E-state index contributed by atoms with van der Waals surface area (Å²) >= 11 is 0. The van der Waals surface area contributed by atoms with Gasteiger partial charge in [-0.2, -0.15) is 0 Å². The predicted molar refractivity (Wildman–Crippen MR) is 72.4 cm³/mol. The second-order valence-electron chi connectivity index (χ2n) is 4.99. The molecule has 1 unspecified atom stereocenters. The molecule has 2 fully saturated rings. The van der Waals surface area contributed by atoms with Gasteiger partial charge in [-0.05, 0) is 30.4 Å². The minimum atomic E-state index is -0.928. The number of rotatable bonds is 2. The lowest BCUT2D eigenvalue weighted by molar-refractivity contribution is 0.110. The summed E-state index contributed by atoms with van der Waals surface area (Å²) in [6, 6.07) is 7.69. The summed E-state index contributed by atoms with van der Waals surface area (Å²) in [6.45, 7) is 0. The zero-order chi connectivity index (χ0) is 12.5. The third-order valence-electron chi connectivity index (χ3n) is 3.72. The monoisotopic (exact) mass is 264 g/mol. The molecule has 0 amide bonds. The van der Waals surface area contributed by atoms with Gasteiger partial charge in [-0.3, -0.25) is 4.21 Å². The Kier molecular flexibility index (Phi) is 3.55. The van der Waals surface area contributed by atoms with E-state index in [1.165, 1.54) is 12.8 Å². The van der Waals surface area contributed by atoms with E-state index in [1.807, 2.05) is 24.3 Å². The van der Waals surface area contributed by atoms with Gasteiger partial charge in [0.1, 0.15) is 0 Å². The molecule has 18 heavy (non-hydrogen) atoms. The standard InChI is InChI=1S/C13H17BO3S/c1-18(15)11-8-6-10(7-9-11)14-16-12-4-2-3-5-13(12)17-14/h6-9,12-13H,2-5H2,1H3/t12-,13+,18?. The predicted octanol–water partition coefficient (Wildman–Crippen LogP) is 1.48. The summed E-state index contributed by atoms with van der Waals surface area (Å²) in [6.07, 6.45) is 6.92. The van der Waals surface area contributed by atoms with Gasteiger partial charge < -0.3 is 9.31 Å². The van der Waals surface area contributed by atoms with E-state index in [1.54, 1.807) is 6.26 Å². The van der Waals surface area contributed by atoms with Crippen LogP contribution in [0.1, 0.15) is 25.7 Å². The van der Waals surface area contributed by atoms with Gasteiger partial charge in [0.05, 0.1) is 12.2 Å². The van der Waals surface area contributed by atoms with Crippen LogP contribution in [0.3, 0.4) is 0 Å². The fraction of sp³-hybridized carbons (Fsp3) is 0.538. The van der Waals surface area contributed by atoms with E-state index in [4.69, 9.17) is 9.31 Å². The first-order valence-electron chi connectivity index (χ1n) is 6.48. The Bertz CT molecular complexity index is 434. The van der Waals surface area contributed by atoms with Crippen LogP contribution in [0, 0.1) is 0 Å². The molecule has 3 atom stereocenters. The van der Waals surface area contributed by atoms with E-state index >= 15 is 0 Å². The van der Waals surface area contributed by atoms with Crippen molar-refractivity contribution in [3.63, 3.8) is 0 Å². The van der Waals surface area contributed by atoms with Crippen molar-refractivity contribution < 1.29 is 13.5 Å². The Morgan fingerprint density at radius 3 is 2.17 bits per heavy atom. The quantitative estimate of drug-likeness (QED) is 0.759. The summed E-state index contributed by atoms with van der Waals surface area (Å²) < 4.78 is 23.2. The SMILES string of the molecule is CS(=O)c1ccc(B2O[C@H]3CCCC[C@H]3O2)cc1. The van der Waals surface area contributed by atoms with Gasteiger partial charge in [-0.1, -0.05) is 25.0 Å². The van der Waals surface area contributed by atoms with Gasteiger partial charge in [0.2, 0.25) is 0 Å². The topological polar surface area (TPSA) is 35.5 Å². The second kappa shape index (κ2) is 5.15. The van der Waals surface area contributed by atoms with Crippen LogP contribution in [0.25, 0.3) is 0 Å². The molecular formula is C13H17BO3S. The number of hydrogen-bond acceptors (Lipinski definition) is 3. The first-order chi connectivity index (χ1) is 8.74. The van der Waals surface area contributed by atoms with Crippen molar-refractivity contribution in [2.24, 2.45) is 0 Å². The molecule has 0 N–H and O–H groups in total. The lowest BCUT2D eigenvalue weighted by Crippen LogP contribution is -2.32. The first-order valence-corrected chi connectivity index (χ1v) is 8.04. The van der Waals surface area contributed by atoms with Crippen LogP contribution < -0.4 is 5.46 Å². The molecule has 1 aromatic carbocycles. The minimum Gasteiger partial charge on any atom is -0.402 e. The van der Waals surface area contributed by atoms with Crippen LogP contribution in [-0.2, 0) is 20.1 Å². The van der Waals surface area contributed by atoms with Crippen LogP contribution in [0.5, 0.6) is 0 Å². The maximum absolute atomic E-state index is 11.3. The average molecular weight is 264 g/mol. The highest BCUT2D eigenvalue weighted by molar-refractivity contribution is 7.84. The van der Waals surface area contributed by atoms with Crippen molar-refractivity contribution in [1.82, 2.24) is 0 Å². The maximum atomic E-state index is 11.3. The Labute approximate surface area is 110 Å². The lowest BCUT2D eigenvalue weighted by Gasteiger charge is -2.22. The van der Waals surface area contributed by atoms with Crippen LogP contribution in [-0.4, -0.2) is 29.8 Å². The molecule has 1 aliphatic heterocycles. The molecule has 1 aliphatic carbocycles. The third kappa shape index (κ3) is 2.39. The Balaban J connectivity index is 1.73. The van der Waals surface area contributed by atoms with Crippen molar-refractivity contribution >= 4 is 23.4 Å². The summed E-state index contributed by atoms with van der Waals surface area (Å²) in [7, 11) is -1.17. The van der Waals surface area contributed by atoms with Gasteiger partial charge in [0.25, 0.3) is 0 Å². The first kappa shape index (κ1) is 12.4. The molecular weight excluding hydrogens is 247 g/mol. The molecule has 1 heterocycles. The van der Waals surface area contributed by atoms with Crippen molar-refractivity contribution in [3.8, 4) is 0 Å². The molecule has 0 radical (unpaired) electrons. The largest absolute Gasteiger partial charge is 0.494 e. The molecule has 5 heteroatoms. The highest BCUT2D eigenvalue weighted by atomic mass is 32.2. The van der Waals surface area contributed by atoms with Crippen molar-refractivity contribution in [2.45, 2.75) is 42.8 Å². The van der Waals surface area contributed by atoms with E-state index in [-0.39, 0.29) is 19.3 Å². The van der Waals surface area contributed by atoms with Crippen LogP contribution in [0.4, 0.5) is 0 Å². The van der Waals surface area contributed by atoms with E-state index in [0.717, 1.165) is 23.2 Å². The van der Waals surface area contributed by atoms with E-state index in [2.05, 4.69) is 0 Å². The number of fused-ring (bicyclic) bond motifs is 1. The van der Waals surface area contributed by atoms with Crippen molar-refractivity contribution in [3.05, 3.63) is 24.3 Å². The fourth-order valence-corrected chi connectivity index (χ4v) is 3.22. The summed E-state index contributed by atoms with van der Waals surface area (Å²) in [5.41, 5.74) is 1.03. The average Bonchev–Trinajstić information content (AvgIpc) is 2.82. The van der Waals surface area contributed by atoms with Gasteiger partial charge >= 0.3 is 7.12 Å². The van der Waals surface area contributed by atoms with E-state index < -0.39 is 10.8 Å². The second-order valence-corrected chi connectivity index (χ2v) is 6.37. The normalized spacial score (nSPS) is 29.1. The number of benzene rings is 1. The summed E-state index contributed by atoms with van der Waals surface area (Å²) in [5.74, 6) is 0. The maximum Gasteiger partial charge on any atom is 0.494 e. The molecule has 1 aromatic rings. The summed E-state index contributed by atoms with van der Waals surface area (Å²) in [4.78, 5) is 0.842. The van der Waals surface area contributed by atoms with E-state index in [0.29, 0.717) is 0 Å². The van der Waals surface area contributed by atoms with Gasteiger partial charge in [-0.25, -0.2) is 0 Å². The summed E-state index contributed by atoms with van der Waals surface area (Å²) in [5, 5.41) is 0. The molecule has 96 valence electrons. The molecule has 1 saturated heterocycles. The molecule has 3 nitrogen and oxygen atoms in total. The van der Waals surface area contributed by atoms with Crippen molar-refractivity contribution in [1.29, 1.82) is 0 Å². The molecule has 3 rings (SSSR count). The zero-order valence-electron chi connectivity index (χ0n) is 10.5. The van der Waals surface area contributed by atoms with Crippen LogP contribution >= 0.6 is 0 Å². The molecule has 0 aromatic heterocycles. The Morgan fingerprint density at radius 1 is 1.11 bits per heavy atom. The lowest BCUT2D eigenvalue weighted by atomic mass is 9.79. The fourth-order valence-electron chi connectivity index (χ4n) is 2.70. The van der Waals surface area contributed by atoms with E-state index in [9.17, 15) is 4.21 Å². The van der Waals surface area contributed by atoms with Gasteiger partial charge in [0, 0.05) is 22.0 Å². The molecule has 2 aliphatic rings. The smallest absolute Gasteiger partial charge is 0.402 e. The molecule has 1 saturated carbocycles. The highest BCUT2D eigenvalue weighted by Gasteiger charge is 2.41. The van der Waals surface area contributed by atoms with Gasteiger partial charge in [0.15, 0.2) is 0 Å². The highest BCUT2D eigenvalue weighted by Crippen LogP contribution is 2.29. The Morgan fingerprint density at radius 2 is 1.67 bits per heavy atom. The van der Waals surface area contributed by atoms with Crippen molar-refractivity contribution in [2.75, 3.05) is 6.26 Å².